The molecule has 1 amide bonds. The number of benzene rings is 3. The Morgan fingerprint density at radius 1 is 0.935 bits per heavy atom. The number of fused-ring (bicyclic) bond motifs is 1. The largest absolute Gasteiger partial charge is 0.274 e. The van der Waals surface area contributed by atoms with Gasteiger partial charge in [-0.15, -0.1) is 0 Å². The van der Waals surface area contributed by atoms with Crippen LogP contribution in [0.3, 0.4) is 0 Å². The van der Waals surface area contributed by atoms with Crippen LogP contribution in [0.1, 0.15) is 46.8 Å². The summed E-state index contributed by atoms with van der Waals surface area (Å²) >= 11 is 0. The van der Waals surface area contributed by atoms with Crippen LogP contribution in [0.2, 0.25) is 0 Å². The van der Waals surface area contributed by atoms with Gasteiger partial charge in [-0.2, -0.15) is 5.10 Å². The second kappa shape index (κ2) is 8.31. The summed E-state index contributed by atoms with van der Waals surface area (Å²) in [6, 6.07) is 25.9. The molecule has 1 saturated carbocycles. The Bertz CT molecular complexity index is 1140. The first-order chi connectivity index (χ1) is 15.2. The van der Waals surface area contributed by atoms with E-state index in [0.717, 1.165) is 36.1 Å². The van der Waals surface area contributed by atoms with Crippen molar-refractivity contribution in [3.8, 4) is 0 Å². The monoisotopic (exact) mass is 410 g/mol. The van der Waals surface area contributed by atoms with Crippen LogP contribution in [0.5, 0.6) is 0 Å². The average molecular weight is 410 g/mol. The summed E-state index contributed by atoms with van der Waals surface area (Å²) in [5.41, 5.74) is 4.85. The van der Waals surface area contributed by atoms with E-state index >= 15 is 0 Å². The van der Waals surface area contributed by atoms with Crippen molar-refractivity contribution in [2.24, 2.45) is 11.0 Å². The quantitative estimate of drug-likeness (QED) is 0.501. The van der Waals surface area contributed by atoms with Crippen molar-refractivity contribution in [2.75, 3.05) is 0 Å². The molecule has 1 heterocycles. The predicted octanol–water partition coefficient (Wildman–Crippen LogP) is 6.26. The standard InChI is InChI=1S/C27H23FN2O/c28-23-16-14-21(15-17-23)27(31)30-26(20-10-5-2-6-11-20)24-13-7-12-22(25(24)29-30)18-19-8-3-1-4-9-19/h1-6,8-11,14-18,24,26H,7,12-13H2/b22-18+/t24-,26-/m0/s1. The van der Waals surface area contributed by atoms with Crippen molar-refractivity contribution in [3.05, 3.63) is 113 Å². The minimum absolute atomic E-state index is 0.149. The number of carbonyl (C=O) groups is 1. The summed E-state index contributed by atoms with van der Waals surface area (Å²) in [5.74, 6) is -0.407. The van der Waals surface area contributed by atoms with Crippen molar-refractivity contribution in [1.82, 2.24) is 5.01 Å². The zero-order valence-electron chi connectivity index (χ0n) is 17.1. The molecular weight excluding hydrogens is 387 g/mol. The predicted molar refractivity (Wildman–Crippen MR) is 121 cm³/mol. The van der Waals surface area contributed by atoms with Gasteiger partial charge in [-0.1, -0.05) is 60.7 Å². The molecule has 5 rings (SSSR count). The fourth-order valence-corrected chi connectivity index (χ4v) is 4.63. The highest BCUT2D eigenvalue weighted by atomic mass is 19.1. The lowest BCUT2D eigenvalue weighted by Crippen LogP contribution is -2.31. The lowest BCUT2D eigenvalue weighted by atomic mass is 9.77. The Morgan fingerprint density at radius 2 is 1.61 bits per heavy atom. The molecule has 1 aliphatic heterocycles. The van der Waals surface area contributed by atoms with Gasteiger partial charge in [0.2, 0.25) is 0 Å². The molecular formula is C27H23FN2O. The van der Waals surface area contributed by atoms with Crippen LogP contribution in [-0.4, -0.2) is 16.6 Å². The Kier molecular flexibility index (Phi) is 5.21. The third-order valence-corrected chi connectivity index (χ3v) is 6.08. The number of carbonyl (C=O) groups excluding carboxylic acids is 1. The van der Waals surface area contributed by atoms with Gasteiger partial charge in [0.15, 0.2) is 0 Å². The minimum Gasteiger partial charge on any atom is -0.267 e. The normalized spacial score (nSPS) is 21.6. The van der Waals surface area contributed by atoms with E-state index in [1.54, 1.807) is 5.01 Å². The lowest BCUT2D eigenvalue weighted by molar-refractivity contribution is 0.0681. The van der Waals surface area contributed by atoms with E-state index in [1.807, 2.05) is 36.4 Å². The van der Waals surface area contributed by atoms with E-state index in [9.17, 15) is 9.18 Å². The molecule has 31 heavy (non-hydrogen) atoms. The number of halogens is 1. The molecule has 4 heteroatoms. The molecule has 3 nitrogen and oxygen atoms in total. The summed E-state index contributed by atoms with van der Waals surface area (Å²) in [6.45, 7) is 0. The molecule has 1 fully saturated rings. The van der Waals surface area contributed by atoms with Gasteiger partial charge in [-0.3, -0.25) is 4.79 Å². The van der Waals surface area contributed by atoms with Gasteiger partial charge in [0.1, 0.15) is 5.82 Å². The van der Waals surface area contributed by atoms with Crippen molar-refractivity contribution >= 4 is 17.7 Å². The van der Waals surface area contributed by atoms with Crippen LogP contribution in [-0.2, 0) is 0 Å². The zero-order chi connectivity index (χ0) is 21.2. The number of hydrogen-bond donors (Lipinski definition) is 0. The minimum atomic E-state index is -0.356. The molecule has 0 unspecified atom stereocenters. The highest BCUT2D eigenvalue weighted by Crippen LogP contribution is 2.44. The lowest BCUT2D eigenvalue weighted by Gasteiger charge is -2.29. The second-order valence-electron chi connectivity index (χ2n) is 8.08. The number of amides is 1. The van der Waals surface area contributed by atoms with E-state index in [-0.39, 0.29) is 23.7 Å². The number of allylic oxidation sites excluding steroid dienone is 1. The maximum absolute atomic E-state index is 13.4. The van der Waals surface area contributed by atoms with Crippen LogP contribution >= 0.6 is 0 Å². The molecule has 0 radical (unpaired) electrons. The Hall–Kier alpha value is -3.53. The Balaban J connectivity index is 1.57. The summed E-state index contributed by atoms with van der Waals surface area (Å²) in [4.78, 5) is 13.4. The fourth-order valence-electron chi connectivity index (χ4n) is 4.63. The molecule has 0 N–H and O–H groups in total. The van der Waals surface area contributed by atoms with E-state index < -0.39 is 0 Å². The maximum Gasteiger partial charge on any atom is 0.274 e. The first kappa shape index (κ1) is 19.4. The number of rotatable bonds is 3. The summed E-state index contributed by atoms with van der Waals surface area (Å²) in [5, 5.41) is 6.50. The molecule has 0 spiro atoms. The first-order valence-corrected chi connectivity index (χ1v) is 10.7. The Labute approximate surface area is 181 Å². The third-order valence-electron chi connectivity index (χ3n) is 6.08. The molecule has 0 saturated heterocycles. The van der Waals surface area contributed by atoms with E-state index in [2.05, 4.69) is 30.3 Å². The van der Waals surface area contributed by atoms with Crippen LogP contribution in [0.25, 0.3) is 6.08 Å². The molecule has 1 aliphatic carbocycles. The number of hydrogen-bond acceptors (Lipinski definition) is 2. The fraction of sp³-hybridized carbons (Fsp3) is 0.185. The van der Waals surface area contributed by atoms with Gasteiger partial charge in [-0.25, -0.2) is 9.40 Å². The van der Waals surface area contributed by atoms with Gasteiger partial charge in [0.25, 0.3) is 5.91 Å². The molecule has 3 aromatic rings. The Morgan fingerprint density at radius 3 is 2.32 bits per heavy atom. The van der Waals surface area contributed by atoms with Gasteiger partial charge in [0.05, 0.1) is 11.8 Å². The SMILES string of the molecule is O=C(c1ccc(F)cc1)N1N=C2/C(=C/c3ccccc3)CCC[C@@H]2[C@@H]1c1ccccc1. The van der Waals surface area contributed by atoms with E-state index in [1.165, 1.54) is 29.8 Å². The van der Waals surface area contributed by atoms with Crippen LogP contribution in [0, 0.1) is 11.7 Å². The molecule has 154 valence electrons. The first-order valence-electron chi connectivity index (χ1n) is 10.7. The summed E-state index contributed by atoms with van der Waals surface area (Å²) in [6.07, 6.45) is 5.19. The van der Waals surface area contributed by atoms with Crippen LogP contribution < -0.4 is 0 Å². The van der Waals surface area contributed by atoms with Gasteiger partial charge < -0.3 is 0 Å². The molecule has 3 aromatic carbocycles. The number of hydrazone groups is 1. The molecule has 0 bridgehead atoms. The van der Waals surface area contributed by atoms with Crippen molar-refractivity contribution in [2.45, 2.75) is 25.3 Å². The maximum atomic E-state index is 13.4. The van der Waals surface area contributed by atoms with Crippen molar-refractivity contribution in [1.29, 1.82) is 0 Å². The van der Waals surface area contributed by atoms with E-state index in [0.29, 0.717) is 5.56 Å². The van der Waals surface area contributed by atoms with E-state index in [4.69, 9.17) is 5.10 Å². The zero-order valence-corrected chi connectivity index (χ0v) is 17.1. The summed E-state index contributed by atoms with van der Waals surface area (Å²) in [7, 11) is 0. The molecule has 0 aromatic heterocycles. The highest BCUT2D eigenvalue weighted by molar-refractivity contribution is 6.09. The summed E-state index contributed by atoms with van der Waals surface area (Å²) < 4.78 is 13.4. The van der Waals surface area contributed by atoms with Crippen LogP contribution in [0.15, 0.2) is 95.6 Å². The van der Waals surface area contributed by atoms with Crippen molar-refractivity contribution < 1.29 is 9.18 Å². The highest BCUT2D eigenvalue weighted by Gasteiger charge is 2.43. The number of nitrogens with zero attached hydrogens (tertiary/aromatic N) is 2. The van der Waals surface area contributed by atoms with Gasteiger partial charge in [0, 0.05) is 11.5 Å². The topological polar surface area (TPSA) is 32.7 Å². The van der Waals surface area contributed by atoms with Crippen molar-refractivity contribution in [3.63, 3.8) is 0 Å². The third kappa shape index (κ3) is 3.81. The molecule has 2 atom stereocenters. The molecule has 2 aliphatic rings. The second-order valence-corrected chi connectivity index (χ2v) is 8.08. The van der Waals surface area contributed by atoms with Gasteiger partial charge >= 0.3 is 0 Å². The smallest absolute Gasteiger partial charge is 0.267 e. The van der Waals surface area contributed by atoms with Crippen LogP contribution in [0.4, 0.5) is 4.39 Å². The van der Waals surface area contributed by atoms with Gasteiger partial charge in [-0.05, 0) is 66.3 Å². The average Bonchev–Trinajstić information content (AvgIpc) is 3.21.